The number of hydrogen-bond donors (Lipinski definition) is 4. The first-order chi connectivity index (χ1) is 9.39. The lowest BCUT2D eigenvalue weighted by Crippen LogP contribution is -2.61. The summed E-state index contributed by atoms with van der Waals surface area (Å²) in [5, 5.41) is 18.0. The number of amidine groups is 1. The first-order valence-corrected chi connectivity index (χ1v) is 7.57. The zero-order valence-electron chi connectivity index (χ0n) is 11.1. The Morgan fingerprint density at radius 1 is 1.60 bits per heavy atom. The number of aromatic nitrogens is 2. The molecule has 0 bridgehead atoms. The fraction of sp³-hybridized carbons (Fsp3) is 0.600. The van der Waals surface area contributed by atoms with Crippen molar-refractivity contribution in [1.29, 1.82) is 0 Å². The lowest BCUT2D eigenvalue weighted by Gasteiger charge is -2.39. The fourth-order valence-electron chi connectivity index (χ4n) is 2.21. The average molecular weight is 302 g/mol. The molecule has 0 spiro atoms. The molecule has 10 heteroatoms. The normalized spacial score (nSPS) is 20.9. The van der Waals surface area contributed by atoms with Crippen molar-refractivity contribution >= 4 is 15.9 Å². The Morgan fingerprint density at radius 3 is 2.75 bits per heavy atom. The second-order valence-corrected chi connectivity index (χ2v) is 6.59. The van der Waals surface area contributed by atoms with Gasteiger partial charge in [0.25, 0.3) is 0 Å². The van der Waals surface area contributed by atoms with Crippen molar-refractivity contribution in [2.45, 2.75) is 23.3 Å². The van der Waals surface area contributed by atoms with E-state index in [0.29, 0.717) is 25.9 Å². The number of oxime groups is 1. The Morgan fingerprint density at radius 2 is 2.25 bits per heavy atom. The maximum absolute atomic E-state index is 12.3. The molecule has 1 aromatic rings. The van der Waals surface area contributed by atoms with Crippen molar-refractivity contribution in [1.82, 2.24) is 19.8 Å². The van der Waals surface area contributed by atoms with Crippen LogP contribution in [0.5, 0.6) is 0 Å². The minimum atomic E-state index is -3.78. The van der Waals surface area contributed by atoms with Crippen LogP contribution in [0.1, 0.15) is 12.8 Å². The highest BCUT2D eigenvalue weighted by Gasteiger charge is 2.42. The van der Waals surface area contributed by atoms with Crippen LogP contribution in [0.4, 0.5) is 0 Å². The summed E-state index contributed by atoms with van der Waals surface area (Å²) in [6.07, 6.45) is 3.33. The van der Waals surface area contributed by atoms with Gasteiger partial charge in [0.15, 0.2) is 5.84 Å². The molecule has 20 heavy (non-hydrogen) atoms. The van der Waals surface area contributed by atoms with Gasteiger partial charge in [-0.3, -0.25) is 5.10 Å². The van der Waals surface area contributed by atoms with E-state index < -0.39 is 15.6 Å². The monoisotopic (exact) mass is 302 g/mol. The second kappa shape index (κ2) is 5.38. The van der Waals surface area contributed by atoms with Gasteiger partial charge in [-0.2, -0.15) is 9.82 Å². The summed E-state index contributed by atoms with van der Waals surface area (Å²) in [6, 6.07) is 0. The van der Waals surface area contributed by atoms with E-state index in [9.17, 15) is 8.42 Å². The van der Waals surface area contributed by atoms with E-state index in [0.717, 1.165) is 0 Å². The lowest BCUT2D eigenvalue weighted by atomic mass is 9.88. The molecule has 0 amide bonds. The summed E-state index contributed by atoms with van der Waals surface area (Å²) in [6.45, 7) is 1.29. The summed E-state index contributed by atoms with van der Waals surface area (Å²) >= 11 is 0. The lowest BCUT2D eigenvalue weighted by molar-refractivity contribution is 0.213. The van der Waals surface area contributed by atoms with Crippen LogP contribution in [-0.4, -0.2) is 60.2 Å². The third kappa shape index (κ3) is 2.76. The first-order valence-electron chi connectivity index (χ1n) is 6.09. The van der Waals surface area contributed by atoms with Crippen molar-refractivity contribution < 1.29 is 13.6 Å². The second-order valence-electron chi connectivity index (χ2n) is 4.91. The smallest absolute Gasteiger partial charge is 0.244 e. The van der Waals surface area contributed by atoms with Crippen LogP contribution in [0.15, 0.2) is 22.4 Å². The minimum absolute atomic E-state index is 0.0153. The number of nitrogens with one attached hydrogen (secondary N) is 2. The summed E-state index contributed by atoms with van der Waals surface area (Å²) in [5.41, 5.74) is 4.65. The number of piperidine rings is 1. The summed E-state index contributed by atoms with van der Waals surface area (Å²) in [7, 11) is -1.85. The Balaban J connectivity index is 2.30. The number of likely N-dealkylation sites (tertiary alicyclic amines) is 1. The predicted octanol–water partition coefficient (Wildman–Crippen LogP) is -1.10. The van der Waals surface area contributed by atoms with Gasteiger partial charge in [-0.15, -0.1) is 0 Å². The molecule has 1 aliphatic rings. The minimum Gasteiger partial charge on any atom is -0.409 e. The van der Waals surface area contributed by atoms with E-state index in [2.05, 4.69) is 25.0 Å². The highest BCUT2D eigenvalue weighted by molar-refractivity contribution is 7.89. The molecule has 5 N–H and O–H groups in total. The Labute approximate surface area is 116 Å². The molecule has 2 rings (SSSR count). The quantitative estimate of drug-likeness (QED) is 0.241. The third-order valence-corrected chi connectivity index (χ3v) is 5.06. The predicted molar refractivity (Wildman–Crippen MR) is 71.8 cm³/mol. The third-order valence-electron chi connectivity index (χ3n) is 3.55. The van der Waals surface area contributed by atoms with Crippen molar-refractivity contribution in [2.75, 3.05) is 20.1 Å². The number of nitrogens with two attached hydrogens (primary N) is 1. The zero-order valence-corrected chi connectivity index (χ0v) is 11.9. The fourth-order valence-corrected chi connectivity index (χ4v) is 3.55. The van der Waals surface area contributed by atoms with Crippen molar-refractivity contribution in [3.8, 4) is 0 Å². The standard InChI is InChI=1S/C10H18N6O3S/c1-16-4-2-10(3-5-16,9(11)14-17)15-20(18,19)8-6-12-13-7-8/h6-7,15,17H,2-5H2,1H3,(H2,11,14)(H,12,13). The highest BCUT2D eigenvalue weighted by atomic mass is 32.2. The molecule has 0 saturated carbocycles. The zero-order chi connectivity index (χ0) is 14.8. The van der Waals surface area contributed by atoms with Crippen molar-refractivity contribution in [3.05, 3.63) is 12.4 Å². The molecule has 112 valence electrons. The molecule has 0 radical (unpaired) electrons. The molecule has 0 aromatic carbocycles. The number of H-pyrrole nitrogens is 1. The average Bonchev–Trinajstić information content (AvgIpc) is 2.95. The molecule has 1 aliphatic heterocycles. The summed E-state index contributed by atoms with van der Waals surface area (Å²) in [4.78, 5) is 2.07. The van der Waals surface area contributed by atoms with Gasteiger partial charge >= 0.3 is 0 Å². The Hall–Kier alpha value is -1.65. The molecule has 0 aliphatic carbocycles. The van der Waals surface area contributed by atoms with Crippen LogP contribution in [0.3, 0.4) is 0 Å². The van der Waals surface area contributed by atoms with Crippen molar-refractivity contribution in [3.63, 3.8) is 0 Å². The van der Waals surface area contributed by atoms with E-state index >= 15 is 0 Å². The largest absolute Gasteiger partial charge is 0.409 e. The van der Waals surface area contributed by atoms with Gasteiger partial charge in [-0.25, -0.2) is 8.42 Å². The van der Waals surface area contributed by atoms with Gasteiger partial charge in [-0.1, -0.05) is 5.16 Å². The number of aromatic amines is 1. The van der Waals surface area contributed by atoms with Gasteiger partial charge in [-0.05, 0) is 19.9 Å². The number of hydrogen-bond acceptors (Lipinski definition) is 6. The molecule has 9 nitrogen and oxygen atoms in total. The van der Waals surface area contributed by atoms with Crippen LogP contribution < -0.4 is 10.5 Å². The van der Waals surface area contributed by atoms with Crippen LogP contribution in [0.2, 0.25) is 0 Å². The molecule has 1 fully saturated rings. The summed E-state index contributed by atoms with van der Waals surface area (Å²) in [5.74, 6) is -0.127. The molecule has 0 atom stereocenters. The highest BCUT2D eigenvalue weighted by Crippen LogP contribution is 2.24. The van der Waals surface area contributed by atoms with E-state index in [1.54, 1.807) is 0 Å². The first kappa shape index (κ1) is 14.8. The van der Waals surface area contributed by atoms with E-state index in [1.165, 1.54) is 12.4 Å². The molecule has 1 saturated heterocycles. The topological polar surface area (TPSA) is 137 Å². The van der Waals surface area contributed by atoms with Crippen LogP contribution >= 0.6 is 0 Å². The maximum atomic E-state index is 12.3. The maximum Gasteiger partial charge on any atom is 0.244 e. The SMILES string of the molecule is CN1CCC(NS(=O)(=O)c2cn[nH]c2)(/C(N)=N/O)CC1. The molecular weight excluding hydrogens is 284 g/mol. The van der Waals surface area contributed by atoms with Gasteiger partial charge < -0.3 is 15.8 Å². The van der Waals surface area contributed by atoms with E-state index in [4.69, 9.17) is 10.9 Å². The van der Waals surface area contributed by atoms with E-state index in [-0.39, 0.29) is 10.7 Å². The van der Waals surface area contributed by atoms with Crippen LogP contribution in [0, 0.1) is 0 Å². The summed E-state index contributed by atoms with van der Waals surface area (Å²) < 4.78 is 27.1. The van der Waals surface area contributed by atoms with Gasteiger partial charge in [0.05, 0.1) is 11.7 Å². The van der Waals surface area contributed by atoms with E-state index in [1.807, 2.05) is 7.05 Å². The van der Waals surface area contributed by atoms with Gasteiger partial charge in [0, 0.05) is 19.3 Å². The molecule has 1 aromatic heterocycles. The Kier molecular flexibility index (Phi) is 3.97. The molecule has 0 unspecified atom stereocenters. The number of nitrogens with zero attached hydrogens (tertiary/aromatic N) is 3. The van der Waals surface area contributed by atoms with Gasteiger partial charge in [0.2, 0.25) is 10.0 Å². The number of sulfonamides is 1. The van der Waals surface area contributed by atoms with Crippen molar-refractivity contribution in [2.24, 2.45) is 10.9 Å². The molecule has 2 heterocycles. The molecular formula is C10H18N6O3S. The van der Waals surface area contributed by atoms with Crippen LogP contribution in [-0.2, 0) is 10.0 Å². The van der Waals surface area contributed by atoms with Crippen LogP contribution in [0.25, 0.3) is 0 Å². The number of rotatable bonds is 4. The van der Waals surface area contributed by atoms with Gasteiger partial charge in [0.1, 0.15) is 4.90 Å². The Bertz CT molecular complexity index is 574.